The molecule has 0 aromatic heterocycles. The molecule has 0 spiro atoms. The molecule has 1 aromatic carbocycles. The molecule has 3 heteroatoms. The van der Waals surface area contributed by atoms with Crippen LogP contribution in [0.4, 0.5) is 0 Å². The predicted molar refractivity (Wildman–Crippen MR) is 75.3 cm³/mol. The van der Waals surface area contributed by atoms with E-state index >= 15 is 0 Å². The Hall–Kier alpha value is -1.06. The smallest absolute Gasteiger partial charge is 0.119 e. The van der Waals surface area contributed by atoms with Crippen LogP contribution in [0.15, 0.2) is 24.3 Å². The van der Waals surface area contributed by atoms with Crippen LogP contribution in [0.1, 0.15) is 25.8 Å². The van der Waals surface area contributed by atoms with Crippen LogP contribution in [-0.4, -0.2) is 32.9 Å². The summed E-state index contributed by atoms with van der Waals surface area (Å²) < 4.78 is 10.6. The van der Waals surface area contributed by atoms with Gasteiger partial charge in [-0.15, -0.1) is 0 Å². The summed E-state index contributed by atoms with van der Waals surface area (Å²) in [4.78, 5) is 0. The molecule has 1 aromatic rings. The third-order valence-corrected chi connectivity index (χ3v) is 2.60. The van der Waals surface area contributed by atoms with Crippen molar-refractivity contribution in [1.82, 2.24) is 5.32 Å². The molecule has 18 heavy (non-hydrogen) atoms. The average Bonchev–Trinajstić information content (AvgIpc) is 2.35. The van der Waals surface area contributed by atoms with Crippen molar-refractivity contribution in [2.45, 2.75) is 32.8 Å². The van der Waals surface area contributed by atoms with Gasteiger partial charge in [0.25, 0.3) is 0 Å². The van der Waals surface area contributed by atoms with Crippen molar-refractivity contribution in [3.8, 4) is 5.75 Å². The van der Waals surface area contributed by atoms with Gasteiger partial charge in [0.1, 0.15) is 5.75 Å². The first-order chi connectivity index (χ1) is 8.72. The second-order valence-corrected chi connectivity index (χ2v) is 4.66. The van der Waals surface area contributed by atoms with Gasteiger partial charge in [-0.2, -0.15) is 0 Å². The standard InChI is InChI=1S/C15H25NO2/c1-13(2)18-15-8-6-14(7-9-15)5-4-10-16-11-12-17-3/h6-9,13,16H,4-5,10-12H2,1-3H3. The Balaban J connectivity index is 2.18. The van der Waals surface area contributed by atoms with E-state index < -0.39 is 0 Å². The Morgan fingerprint density at radius 1 is 1.11 bits per heavy atom. The number of hydrogen-bond donors (Lipinski definition) is 1. The van der Waals surface area contributed by atoms with Gasteiger partial charge in [-0.1, -0.05) is 12.1 Å². The lowest BCUT2D eigenvalue weighted by atomic mass is 10.1. The lowest BCUT2D eigenvalue weighted by Gasteiger charge is -2.10. The third-order valence-electron chi connectivity index (χ3n) is 2.60. The topological polar surface area (TPSA) is 30.5 Å². The number of aryl methyl sites for hydroxylation is 1. The largest absolute Gasteiger partial charge is 0.491 e. The van der Waals surface area contributed by atoms with Crippen molar-refractivity contribution < 1.29 is 9.47 Å². The van der Waals surface area contributed by atoms with Crippen LogP contribution in [0.25, 0.3) is 0 Å². The van der Waals surface area contributed by atoms with Gasteiger partial charge in [0.2, 0.25) is 0 Å². The van der Waals surface area contributed by atoms with Gasteiger partial charge in [-0.25, -0.2) is 0 Å². The number of methoxy groups -OCH3 is 1. The van der Waals surface area contributed by atoms with Crippen molar-refractivity contribution in [3.05, 3.63) is 29.8 Å². The quantitative estimate of drug-likeness (QED) is 0.684. The molecule has 0 atom stereocenters. The van der Waals surface area contributed by atoms with Crippen LogP contribution in [0.5, 0.6) is 5.75 Å². The molecule has 0 aliphatic heterocycles. The Morgan fingerprint density at radius 3 is 2.44 bits per heavy atom. The molecule has 102 valence electrons. The molecule has 0 bridgehead atoms. The molecule has 0 amide bonds. The van der Waals surface area contributed by atoms with Crippen LogP contribution in [-0.2, 0) is 11.2 Å². The van der Waals surface area contributed by atoms with E-state index in [2.05, 4.69) is 17.4 Å². The number of hydrogen-bond acceptors (Lipinski definition) is 3. The van der Waals surface area contributed by atoms with Crippen molar-refractivity contribution in [3.63, 3.8) is 0 Å². The van der Waals surface area contributed by atoms with E-state index in [1.807, 2.05) is 26.0 Å². The lowest BCUT2D eigenvalue weighted by Crippen LogP contribution is -2.20. The van der Waals surface area contributed by atoms with E-state index in [4.69, 9.17) is 9.47 Å². The monoisotopic (exact) mass is 251 g/mol. The molecule has 0 aliphatic carbocycles. The van der Waals surface area contributed by atoms with E-state index in [1.165, 1.54) is 5.56 Å². The van der Waals surface area contributed by atoms with Gasteiger partial charge in [-0.05, 0) is 50.9 Å². The van der Waals surface area contributed by atoms with Gasteiger partial charge in [-0.3, -0.25) is 0 Å². The Kier molecular flexibility index (Phi) is 7.46. The molecule has 0 aliphatic rings. The highest BCUT2D eigenvalue weighted by atomic mass is 16.5. The SMILES string of the molecule is COCCNCCCc1ccc(OC(C)C)cc1. The predicted octanol–water partition coefficient (Wildman–Crippen LogP) is 2.64. The van der Waals surface area contributed by atoms with Crippen molar-refractivity contribution >= 4 is 0 Å². The fourth-order valence-electron chi connectivity index (χ4n) is 1.72. The van der Waals surface area contributed by atoms with Crippen molar-refractivity contribution in [1.29, 1.82) is 0 Å². The molecular weight excluding hydrogens is 226 g/mol. The second kappa shape index (κ2) is 8.95. The number of nitrogens with one attached hydrogen (secondary N) is 1. The first kappa shape index (κ1) is 15.0. The molecule has 0 radical (unpaired) electrons. The van der Waals surface area contributed by atoms with E-state index in [-0.39, 0.29) is 6.10 Å². The normalized spacial score (nSPS) is 10.9. The summed E-state index contributed by atoms with van der Waals surface area (Å²) in [6, 6.07) is 8.39. The Labute approximate surface area is 110 Å². The molecule has 3 nitrogen and oxygen atoms in total. The number of ether oxygens (including phenoxy) is 2. The first-order valence-corrected chi connectivity index (χ1v) is 6.67. The summed E-state index contributed by atoms with van der Waals surface area (Å²) in [5.41, 5.74) is 1.36. The maximum atomic E-state index is 5.61. The summed E-state index contributed by atoms with van der Waals surface area (Å²) in [5, 5.41) is 3.34. The van der Waals surface area contributed by atoms with Gasteiger partial charge in [0, 0.05) is 13.7 Å². The fourth-order valence-corrected chi connectivity index (χ4v) is 1.72. The highest BCUT2D eigenvalue weighted by Crippen LogP contribution is 2.14. The zero-order valence-corrected chi connectivity index (χ0v) is 11.7. The van der Waals surface area contributed by atoms with E-state index in [0.29, 0.717) is 0 Å². The van der Waals surface area contributed by atoms with Crippen LogP contribution >= 0.6 is 0 Å². The summed E-state index contributed by atoms with van der Waals surface area (Å²) in [6.07, 6.45) is 2.48. The maximum Gasteiger partial charge on any atom is 0.119 e. The van der Waals surface area contributed by atoms with Crippen LogP contribution in [0.2, 0.25) is 0 Å². The van der Waals surface area contributed by atoms with Gasteiger partial charge in [0.05, 0.1) is 12.7 Å². The zero-order chi connectivity index (χ0) is 13.2. The molecule has 1 rings (SSSR count). The van der Waals surface area contributed by atoms with Gasteiger partial charge < -0.3 is 14.8 Å². The Morgan fingerprint density at radius 2 is 1.83 bits per heavy atom. The van der Waals surface area contributed by atoms with Crippen molar-refractivity contribution in [2.24, 2.45) is 0 Å². The highest BCUT2D eigenvalue weighted by molar-refractivity contribution is 5.27. The van der Waals surface area contributed by atoms with Crippen LogP contribution in [0.3, 0.4) is 0 Å². The molecule has 1 N–H and O–H groups in total. The van der Waals surface area contributed by atoms with Crippen LogP contribution < -0.4 is 10.1 Å². The summed E-state index contributed by atoms with van der Waals surface area (Å²) in [7, 11) is 1.72. The highest BCUT2D eigenvalue weighted by Gasteiger charge is 1.98. The minimum Gasteiger partial charge on any atom is -0.491 e. The van der Waals surface area contributed by atoms with Gasteiger partial charge >= 0.3 is 0 Å². The summed E-state index contributed by atoms with van der Waals surface area (Å²) in [6.45, 7) is 6.83. The maximum absolute atomic E-state index is 5.61. The second-order valence-electron chi connectivity index (χ2n) is 4.66. The number of benzene rings is 1. The average molecular weight is 251 g/mol. The summed E-state index contributed by atoms with van der Waals surface area (Å²) >= 11 is 0. The molecule has 0 saturated heterocycles. The molecule has 0 unspecified atom stereocenters. The minimum absolute atomic E-state index is 0.237. The lowest BCUT2D eigenvalue weighted by molar-refractivity contribution is 0.199. The van der Waals surface area contributed by atoms with Crippen molar-refractivity contribution in [2.75, 3.05) is 26.8 Å². The summed E-state index contributed by atoms with van der Waals surface area (Å²) in [5.74, 6) is 0.951. The molecule has 0 saturated carbocycles. The fraction of sp³-hybridized carbons (Fsp3) is 0.600. The van der Waals surface area contributed by atoms with E-state index in [1.54, 1.807) is 7.11 Å². The molecular formula is C15H25NO2. The number of rotatable bonds is 9. The first-order valence-electron chi connectivity index (χ1n) is 6.67. The molecule has 0 fully saturated rings. The van der Waals surface area contributed by atoms with Gasteiger partial charge in [0.15, 0.2) is 0 Å². The molecule has 0 heterocycles. The third kappa shape index (κ3) is 6.62. The zero-order valence-electron chi connectivity index (χ0n) is 11.7. The Bertz CT molecular complexity index is 309. The van der Waals surface area contributed by atoms with E-state index in [0.717, 1.165) is 38.3 Å². The van der Waals surface area contributed by atoms with E-state index in [9.17, 15) is 0 Å². The van der Waals surface area contributed by atoms with Crippen LogP contribution in [0, 0.1) is 0 Å². The minimum atomic E-state index is 0.237.